The number of carbonyl (C=O) groups is 3. The molecule has 2 saturated heterocycles. The fourth-order valence-electron chi connectivity index (χ4n) is 5.27. The van der Waals surface area contributed by atoms with Crippen LogP contribution in [0.3, 0.4) is 0 Å². The molecule has 1 unspecified atom stereocenters. The average molecular weight is 577 g/mol. The fraction of sp³-hybridized carbons (Fsp3) is 0.333. The molecule has 2 aromatic carbocycles. The summed E-state index contributed by atoms with van der Waals surface area (Å²) in [6.45, 7) is 2.35. The zero-order valence-electron chi connectivity index (χ0n) is 22.7. The first-order valence-corrected chi connectivity index (χ1v) is 14.3. The maximum atomic E-state index is 13.3. The van der Waals surface area contributed by atoms with Crippen molar-refractivity contribution in [2.24, 2.45) is 0 Å². The van der Waals surface area contributed by atoms with Gasteiger partial charge in [0.1, 0.15) is 10.8 Å². The molecule has 1 atom stereocenters. The molecule has 0 spiro atoms. The van der Waals surface area contributed by atoms with Gasteiger partial charge in [-0.25, -0.2) is 24.3 Å². The molecule has 5 rings (SSSR count). The van der Waals surface area contributed by atoms with Crippen molar-refractivity contribution in [1.29, 1.82) is 0 Å². The van der Waals surface area contributed by atoms with Crippen molar-refractivity contribution in [1.82, 2.24) is 19.7 Å². The standard InChI is InChI=1S/C30H32N4O6S/c1-39-30(38)33-19-26(22-5-3-2-4-6-22)34(29(33)37)23-13-15-32(16-14-23)18-21-7-12-27(31-17-21)41-25-10-8-24(9-11-25)40-20-28(35)36/h2-12,17,23,26H,13-16,18-20H2,1H3,(H,35,36). The molecule has 2 fully saturated rings. The number of amides is 3. The summed E-state index contributed by atoms with van der Waals surface area (Å²) in [5, 5.41) is 9.59. The van der Waals surface area contributed by atoms with E-state index in [1.807, 2.05) is 59.6 Å². The Morgan fingerprint density at radius 3 is 2.39 bits per heavy atom. The minimum atomic E-state index is -1.01. The van der Waals surface area contributed by atoms with Gasteiger partial charge < -0.3 is 19.5 Å². The molecular formula is C30H32N4O6S. The summed E-state index contributed by atoms with van der Waals surface area (Å²) in [5.41, 5.74) is 2.13. The van der Waals surface area contributed by atoms with Crippen LogP contribution >= 0.6 is 11.8 Å². The van der Waals surface area contributed by atoms with E-state index >= 15 is 0 Å². The topological polar surface area (TPSA) is 113 Å². The number of pyridine rings is 1. The van der Waals surface area contributed by atoms with Crippen molar-refractivity contribution in [2.75, 3.05) is 33.4 Å². The molecule has 3 amide bonds. The summed E-state index contributed by atoms with van der Waals surface area (Å²) < 4.78 is 10.0. The minimum absolute atomic E-state index is 0.0384. The smallest absolute Gasteiger partial charge is 0.417 e. The molecule has 2 aliphatic rings. The molecule has 1 aromatic heterocycles. The Hall–Kier alpha value is -4.09. The average Bonchev–Trinajstić information content (AvgIpc) is 3.35. The monoisotopic (exact) mass is 576 g/mol. The number of rotatable bonds is 9. The lowest BCUT2D eigenvalue weighted by Gasteiger charge is -2.38. The van der Waals surface area contributed by atoms with E-state index in [4.69, 9.17) is 14.6 Å². The van der Waals surface area contributed by atoms with Crippen LogP contribution in [-0.4, -0.2) is 82.3 Å². The first-order chi connectivity index (χ1) is 19.9. The van der Waals surface area contributed by atoms with Crippen LogP contribution in [0.4, 0.5) is 9.59 Å². The van der Waals surface area contributed by atoms with E-state index in [1.54, 1.807) is 12.1 Å². The van der Waals surface area contributed by atoms with Gasteiger partial charge in [-0.3, -0.25) is 4.90 Å². The third kappa shape index (κ3) is 6.98. The Kier molecular flexibility index (Phi) is 9.05. The summed E-state index contributed by atoms with van der Waals surface area (Å²) >= 11 is 1.52. The van der Waals surface area contributed by atoms with E-state index in [-0.39, 0.29) is 31.3 Å². The van der Waals surface area contributed by atoms with Gasteiger partial charge in [0.2, 0.25) is 0 Å². The molecule has 11 heteroatoms. The van der Waals surface area contributed by atoms with Gasteiger partial charge in [0.05, 0.1) is 19.7 Å². The largest absolute Gasteiger partial charge is 0.482 e. The van der Waals surface area contributed by atoms with Crippen LogP contribution in [-0.2, 0) is 16.1 Å². The van der Waals surface area contributed by atoms with Crippen LogP contribution in [0.1, 0.15) is 30.0 Å². The van der Waals surface area contributed by atoms with Gasteiger partial charge in [0, 0.05) is 36.8 Å². The van der Waals surface area contributed by atoms with Crippen LogP contribution in [0.15, 0.2) is 82.8 Å². The fourth-order valence-corrected chi connectivity index (χ4v) is 6.03. The number of ether oxygens (including phenoxy) is 2. The van der Waals surface area contributed by atoms with Gasteiger partial charge in [-0.05, 0) is 54.3 Å². The number of carboxylic acid groups (broad SMARTS) is 1. The summed E-state index contributed by atoms with van der Waals surface area (Å²) in [6, 6.07) is 20.7. The molecular weight excluding hydrogens is 544 g/mol. The van der Waals surface area contributed by atoms with Crippen molar-refractivity contribution < 1.29 is 29.0 Å². The summed E-state index contributed by atoms with van der Waals surface area (Å²) in [6.07, 6.45) is 2.91. The molecule has 41 heavy (non-hydrogen) atoms. The molecule has 3 heterocycles. The molecule has 0 saturated carbocycles. The van der Waals surface area contributed by atoms with Crippen molar-refractivity contribution in [3.05, 3.63) is 84.1 Å². The number of imide groups is 1. The van der Waals surface area contributed by atoms with E-state index < -0.39 is 12.1 Å². The van der Waals surface area contributed by atoms with Crippen LogP contribution in [0.5, 0.6) is 5.75 Å². The molecule has 1 N–H and O–H groups in total. The summed E-state index contributed by atoms with van der Waals surface area (Å²) in [7, 11) is 1.30. The maximum Gasteiger partial charge on any atom is 0.417 e. The highest BCUT2D eigenvalue weighted by molar-refractivity contribution is 7.99. The zero-order chi connectivity index (χ0) is 28.8. The Balaban J connectivity index is 1.15. The first-order valence-electron chi connectivity index (χ1n) is 13.4. The highest BCUT2D eigenvalue weighted by atomic mass is 32.2. The minimum Gasteiger partial charge on any atom is -0.482 e. The second kappa shape index (κ2) is 13.0. The lowest BCUT2D eigenvalue weighted by Crippen LogP contribution is -2.47. The SMILES string of the molecule is COC(=O)N1CC(c2ccccc2)N(C2CCN(Cc3ccc(Sc4ccc(OCC(=O)O)cc4)nc3)CC2)C1=O. The number of benzene rings is 2. The van der Waals surface area contributed by atoms with Gasteiger partial charge in [0.25, 0.3) is 0 Å². The highest BCUT2D eigenvalue weighted by Gasteiger charge is 2.45. The molecule has 0 radical (unpaired) electrons. The van der Waals surface area contributed by atoms with Gasteiger partial charge in [0.15, 0.2) is 6.61 Å². The molecule has 3 aromatic rings. The number of methoxy groups -OCH3 is 1. The Morgan fingerprint density at radius 1 is 1.02 bits per heavy atom. The number of hydrogen-bond acceptors (Lipinski definition) is 8. The highest BCUT2D eigenvalue weighted by Crippen LogP contribution is 2.35. The molecule has 2 aliphatic heterocycles. The van der Waals surface area contributed by atoms with E-state index in [2.05, 4.69) is 16.0 Å². The van der Waals surface area contributed by atoms with Crippen molar-refractivity contribution in [2.45, 2.75) is 41.4 Å². The third-order valence-corrected chi connectivity index (χ3v) is 8.24. The molecule has 0 aliphatic carbocycles. The number of aromatic nitrogens is 1. The van der Waals surface area contributed by atoms with Crippen molar-refractivity contribution in [3.63, 3.8) is 0 Å². The number of carbonyl (C=O) groups excluding carboxylic acids is 2. The van der Waals surface area contributed by atoms with E-state index in [1.165, 1.54) is 23.8 Å². The second-order valence-corrected chi connectivity index (χ2v) is 11.1. The van der Waals surface area contributed by atoms with E-state index in [0.717, 1.165) is 53.5 Å². The van der Waals surface area contributed by atoms with Crippen LogP contribution in [0, 0.1) is 0 Å². The van der Waals surface area contributed by atoms with Crippen LogP contribution in [0.2, 0.25) is 0 Å². The number of urea groups is 1. The summed E-state index contributed by atoms with van der Waals surface area (Å²) in [5.74, 6) is -0.503. The van der Waals surface area contributed by atoms with Gasteiger partial charge in [-0.1, -0.05) is 48.2 Å². The lowest BCUT2D eigenvalue weighted by molar-refractivity contribution is -0.139. The van der Waals surface area contributed by atoms with Gasteiger partial charge >= 0.3 is 18.1 Å². The lowest BCUT2D eigenvalue weighted by atomic mass is 9.99. The first kappa shape index (κ1) is 28.4. The Bertz CT molecular complexity index is 1350. The maximum absolute atomic E-state index is 13.3. The van der Waals surface area contributed by atoms with Gasteiger partial charge in [-0.2, -0.15) is 0 Å². The van der Waals surface area contributed by atoms with Crippen LogP contribution in [0.25, 0.3) is 0 Å². The zero-order valence-corrected chi connectivity index (χ0v) is 23.5. The van der Waals surface area contributed by atoms with E-state index in [9.17, 15) is 14.4 Å². The number of aliphatic carboxylic acids is 1. The Morgan fingerprint density at radius 2 is 1.76 bits per heavy atom. The molecule has 10 nitrogen and oxygen atoms in total. The van der Waals surface area contributed by atoms with E-state index in [0.29, 0.717) is 5.75 Å². The van der Waals surface area contributed by atoms with Crippen LogP contribution < -0.4 is 4.74 Å². The second-order valence-electron chi connectivity index (χ2n) is 9.96. The molecule has 214 valence electrons. The van der Waals surface area contributed by atoms with Gasteiger partial charge in [-0.15, -0.1) is 0 Å². The number of nitrogens with zero attached hydrogens (tertiary/aromatic N) is 4. The number of likely N-dealkylation sites (tertiary alicyclic amines) is 1. The number of piperidine rings is 1. The predicted octanol–water partition coefficient (Wildman–Crippen LogP) is 4.91. The third-order valence-electron chi connectivity index (χ3n) is 7.29. The number of hydrogen-bond donors (Lipinski definition) is 1. The number of carboxylic acids is 1. The Labute approximate surface area is 242 Å². The quantitative estimate of drug-likeness (QED) is 0.380. The molecule has 0 bridgehead atoms. The summed E-state index contributed by atoms with van der Waals surface area (Å²) in [4.78, 5) is 47.3. The van der Waals surface area contributed by atoms with Crippen molar-refractivity contribution >= 4 is 29.9 Å². The predicted molar refractivity (Wildman–Crippen MR) is 152 cm³/mol. The van der Waals surface area contributed by atoms with Crippen molar-refractivity contribution in [3.8, 4) is 5.75 Å². The normalized spacial score (nSPS) is 18.0.